The van der Waals surface area contributed by atoms with Crippen molar-refractivity contribution in [3.05, 3.63) is 191 Å². The van der Waals surface area contributed by atoms with Gasteiger partial charge in [0.25, 0.3) is 0 Å². The molecule has 0 fully saturated rings. The Labute approximate surface area is 314 Å². The van der Waals surface area contributed by atoms with Gasteiger partial charge in [0.15, 0.2) is 5.82 Å². The minimum Gasteiger partial charge on any atom is -0.465 e. The number of hydrogen-bond acceptors (Lipinski definition) is 6. The van der Waals surface area contributed by atoms with Crippen LogP contribution in [0, 0.1) is 6.92 Å². The molecule has 266 valence electrons. The number of rotatable bonds is 11. The van der Waals surface area contributed by atoms with Gasteiger partial charge in [0, 0.05) is 18.5 Å². The van der Waals surface area contributed by atoms with E-state index in [1.807, 2.05) is 48.0 Å². The predicted molar refractivity (Wildman–Crippen MR) is 212 cm³/mol. The number of hydrogen-bond donors (Lipinski definition) is 0. The molecule has 0 bridgehead atoms. The van der Waals surface area contributed by atoms with Crippen LogP contribution in [0.5, 0.6) is 0 Å². The number of aryl methyl sites for hydroxylation is 2. The van der Waals surface area contributed by atoms with Gasteiger partial charge in [-0.3, -0.25) is 0 Å². The van der Waals surface area contributed by atoms with Crippen molar-refractivity contribution in [1.29, 1.82) is 0 Å². The third kappa shape index (κ3) is 6.05. The summed E-state index contributed by atoms with van der Waals surface area (Å²) in [6.45, 7) is 4.76. The molecule has 54 heavy (non-hydrogen) atoms. The predicted octanol–water partition coefficient (Wildman–Crippen LogP) is 9.29. The fourth-order valence-corrected chi connectivity index (χ4v) is 7.66. The lowest BCUT2D eigenvalue weighted by atomic mass is 9.77. The Kier molecular flexibility index (Phi) is 9.40. The quantitative estimate of drug-likeness (QED) is 0.0984. The van der Waals surface area contributed by atoms with Gasteiger partial charge >= 0.3 is 5.97 Å². The van der Waals surface area contributed by atoms with Crippen LogP contribution in [0.25, 0.3) is 33.5 Å². The molecule has 0 amide bonds. The van der Waals surface area contributed by atoms with Gasteiger partial charge in [-0.1, -0.05) is 146 Å². The molecule has 0 saturated carbocycles. The summed E-state index contributed by atoms with van der Waals surface area (Å²) in [5.74, 6) is 1.29. The molecule has 2 aromatic heterocycles. The molecule has 8 nitrogen and oxygen atoms in total. The van der Waals surface area contributed by atoms with Crippen LogP contribution in [-0.4, -0.2) is 42.8 Å². The highest BCUT2D eigenvalue weighted by molar-refractivity contribution is 5.95. The molecule has 0 unspecified atom stereocenters. The Morgan fingerprint density at radius 1 is 0.722 bits per heavy atom. The van der Waals surface area contributed by atoms with Crippen molar-refractivity contribution >= 4 is 17.0 Å². The lowest BCUT2D eigenvalue weighted by Gasteiger charge is -2.36. The van der Waals surface area contributed by atoms with Crippen LogP contribution >= 0.6 is 0 Å². The normalized spacial score (nSPS) is 11.5. The van der Waals surface area contributed by atoms with E-state index < -0.39 is 5.54 Å². The Morgan fingerprint density at radius 3 is 1.87 bits per heavy atom. The van der Waals surface area contributed by atoms with Crippen molar-refractivity contribution in [3.8, 4) is 22.5 Å². The zero-order chi connectivity index (χ0) is 37.1. The Balaban J connectivity index is 1.23. The minimum atomic E-state index is -0.866. The molecule has 0 saturated heterocycles. The molecular formula is C46H40N6O2. The first-order chi connectivity index (χ1) is 26.5. The Hall–Kier alpha value is -6.67. The first-order valence-corrected chi connectivity index (χ1v) is 18.2. The van der Waals surface area contributed by atoms with Crippen molar-refractivity contribution in [2.75, 3.05) is 7.11 Å². The third-order valence-electron chi connectivity index (χ3n) is 10.2. The lowest BCUT2D eigenvalue weighted by Crippen LogP contribution is -2.39. The minimum absolute atomic E-state index is 0.354. The first-order valence-electron chi connectivity index (χ1n) is 18.2. The molecule has 0 radical (unpaired) electrons. The number of carbonyl (C=O) groups is 1. The van der Waals surface area contributed by atoms with Crippen molar-refractivity contribution < 1.29 is 9.53 Å². The molecule has 2 heterocycles. The molecular weight excluding hydrogens is 669 g/mol. The maximum Gasteiger partial charge on any atom is 0.337 e. The van der Waals surface area contributed by atoms with E-state index in [0.717, 1.165) is 74.2 Å². The van der Waals surface area contributed by atoms with Gasteiger partial charge in [0.2, 0.25) is 0 Å². The number of benzene rings is 6. The van der Waals surface area contributed by atoms with Crippen LogP contribution in [0.4, 0.5) is 0 Å². The average molecular weight is 709 g/mol. The second kappa shape index (κ2) is 14.8. The van der Waals surface area contributed by atoms with Crippen LogP contribution in [0.2, 0.25) is 0 Å². The zero-order valence-corrected chi connectivity index (χ0v) is 30.6. The molecule has 0 N–H and O–H groups in total. The van der Waals surface area contributed by atoms with Gasteiger partial charge in [-0.15, -0.1) is 5.10 Å². The summed E-state index contributed by atoms with van der Waals surface area (Å²) < 4.78 is 9.26. The van der Waals surface area contributed by atoms with Crippen LogP contribution in [-0.2, 0) is 23.2 Å². The monoisotopic (exact) mass is 708 g/mol. The van der Waals surface area contributed by atoms with Gasteiger partial charge in [0.1, 0.15) is 11.4 Å². The van der Waals surface area contributed by atoms with Crippen molar-refractivity contribution in [2.45, 2.75) is 38.8 Å². The second-order valence-corrected chi connectivity index (χ2v) is 13.5. The number of fused-ring (bicyclic) bond motifs is 1. The molecule has 0 aliphatic heterocycles. The second-order valence-electron chi connectivity index (χ2n) is 13.5. The van der Waals surface area contributed by atoms with Crippen molar-refractivity contribution in [3.63, 3.8) is 0 Å². The molecule has 8 heteroatoms. The number of methoxy groups -OCH3 is 1. The molecule has 8 rings (SSSR count). The smallest absolute Gasteiger partial charge is 0.337 e. The van der Waals surface area contributed by atoms with Gasteiger partial charge in [-0.25, -0.2) is 14.5 Å². The molecule has 0 aliphatic carbocycles. The highest BCUT2D eigenvalue weighted by atomic mass is 16.5. The fraction of sp³-hybridized carbons (Fsp3) is 0.152. The number of aromatic nitrogens is 6. The number of nitrogens with zero attached hydrogens (tertiary/aromatic N) is 6. The molecule has 6 aromatic carbocycles. The molecule has 0 spiro atoms. The van der Waals surface area contributed by atoms with Gasteiger partial charge < -0.3 is 9.30 Å². The van der Waals surface area contributed by atoms with Gasteiger partial charge in [-0.05, 0) is 74.8 Å². The first kappa shape index (κ1) is 34.4. The zero-order valence-electron chi connectivity index (χ0n) is 30.6. The van der Waals surface area contributed by atoms with Crippen LogP contribution in [0.1, 0.15) is 57.3 Å². The van der Waals surface area contributed by atoms with Crippen molar-refractivity contribution in [2.24, 2.45) is 0 Å². The number of ether oxygens (including phenoxy) is 1. The highest BCUT2D eigenvalue weighted by Crippen LogP contribution is 2.43. The van der Waals surface area contributed by atoms with E-state index in [-0.39, 0.29) is 5.97 Å². The highest BCUT2D eigenvalue weighted by Gasteiger charge is 2.42. The number of carbonyl (C=O) groups excluding carboxylic acids is 1. The Bertz CT molecular complexity index is 2450. The number of imidazole rings is 1. The molecule has 0 aliphatic rings. The van der Waals surface area contributed by atoms with Crippen LogP contribution in [0.15, 0.2) is 152 Å². The topological polar surface area (TPSA) is 87.7 Å². The standard InChI is InChI=1S/C46H40N6O2/c1-4-16-42-47-43-32(2)29-35(45(53)54-3)30-41(43)51(42)31-33-25-27-34(28-26-33)39-23-14-15-24-40(39)44-48-49-50-52(44)46(36-17-8-5-9-18-36,37-19-10-6-11-20-37)38-21-12-7-13-22-38/h5-15,17-30H,4,16,31H2,1-3H3. The van der Waals surface area contributed by atoms with Crippen molar-refractivity contribution in [1.82, 2.24) is 29.8 Å². The summed E-state index contributed by atoms with van der Waals surface area (Å²) >= 11 is 0. The fourth-order valence-electron chi connectivity index (χ4n) is 7.66. The maximum absolute atomic E-state index is 12.5. The average Bonchev–Trinajstić information content (AvgIpc) is 3.85. The Morgan fingerprint density at radius 2 is 1.30 bits per heavy atom. The summed E-state index contributed by atoms with van der Waals surface area (Å²) in [5.41, 5.74) is 9.67. The van der Waals surface area contributed by atoms with E-state index in [1.165, 1.54) is 7.11 Å². The van der Waals surface area contributed by atoms with Crippen LogP contribution < -0.4 is 0 Å². The lowest BCUT2D eigenvalue weighted by molar-refractivity contribution is 0.0600. The third-order valence-corrected chi connectivity index (χ3v) is 10.2. The summed E-state index contributed by atoms with van der Waals surface area (Å²) in [6, 6.07) is 52.0. The maximum atomic E-state index is 12.5. The van der Waals surface area contributed by atoms with E-state index in [1.54, 1.807) is 0 Å². The van der Waals surface area contributed by atoms with E-state index in [0.29, 0.717) is 17.9 Å². The van der Waals surface area contributed by atoms with E-state index in [9.17, 15) is 4.79 Å². The van der Waals surface area contributed by atoms with E-state index in [2.05, 4.69) is 132 Å². The largest absolute Gasteiger partial charge is 0.465 e. The molecule has 0 atom stereocenters. The van der Waals surface area contributed by atoms with E-state index in [4.69, 9.17) is 20.0 Å². The number of tetrazole rings is 1. The number of esters is 1. The van der Waals surface area contributed by atoms with Gasteiger partial charge in [0.05, 0.1) is 23.7 Å². The van der Waals surface area contributed by atoms with E-state index >= 15 is 0 Å². The SMILES string of the molecule is CCCc1nc2c(C)cc(C(=O)OC)cc2n1Cc1ccc(-c2ccccc2-c2nnnn2C(c2ccccc2)(c2ccccc2)c2ccccc2)cc1. The summed E-state index contributed by atoms with van der Waals surface area (Å²) in [6.07, 6.45) is 1.79. The van der Waals surface area contributed by atoms with Gasteiger partial charge in [-0.2, -0.15) is 0 Å². The summed E-state index contributed by atoms with van der Waals surface area (Å²) in [4.78, 5) is 17.5. The molecule has 8 aromatic rings. The van der Waals surface area contributed by atoms with Crippen LogP contribution in [0.3, 0.4) is 0 Å². The summed E-state index contributed by atoms with van der Waals surface area (Å²) in [7, 11) is 1.41. The summed E-state index contributed by atoms with van der Waals surface area (Å²) in [5, 5.41) is 13.8.